The van der Waals surface area contributed by atoms with E-state index in [1.807, 2.05) is 6.07 Å². The van der Waals surface area contributed by atoms with Gasteiger partial charge in [0.25, 0.3) is 0 Å². The molecule has 1 aromatic rings. The standard InChI is InChI=1S/C18H26Cl2O/c1-2-21-12-4-3-5-14-6-8-15(9-7-14)16-10-11-17(19)18(20)13-16/h10-11,13-15H,2-9,12H2,1H3. The molecule has 0 spiro atoms. The Morgan fingerprint density at radius 2 is 1.81 bits per heavy atom. The Labute approximate surface area is 139 Å². The van der Waals surface area contributed by atoms with Gasteiger partial charge in [0.2, 0.25) is 0 Å². The lowest BCUT2D eigenvalue weighted by Crippen LogP contribution is -2.13. The lowest BCUT2D eigenvalue weighted by Gasteiger charge is -2.29. The van der Waals surface area contributed by atoms with Crippen LogP contribution in [0.3, 0.4) is 0 Å². The normalized spacial score (nSPS) is 22.4. The minimum Gasteiger partial charge on any atom is -0.382 e. The average molecular weight is 329 g/mol. The summed E-state index contributed by atoms with van der Waals surface area (Å²) < 4.78 is 5.40. The largest absolute Gasteiger partial charge is 0.382 e. The van der Waals surface area contributed by atoms with Gasteiger partial charge in [-0.1, -0.05) is 42.1 Å². The highest BCUT2D eigenvalue weighted by molar-refractivity contribution is 6.42. The van der Waals surface area contributed by atoms with E-state index in [4.69, 9.17) is 27.9 Å². The Balaban J connectivity index is 1.71. The minimum atomic E-state index is 0.656. The fourth-order valence-electron chi connectivity index (χ4n) is 3.33. The molecule has 118 valence electrons. The zero-order valence-electron chi connectivity index (χ0n) is 12.9. The number of hydrogen-bond donors (Lipinski definition) is 0. The Morgan fingerprint density at radius 3 is 2.48 bits per heavy atom. The van der Waals surface area contributed by atoms with E-state index >= 15 is 0 Å². The molecule has 0 N–H and O–H groups in total. The molecule has 21 heavy (non-hydrogen) atoms. The molecule has 3 heteroatoms. The van der Waals surface area contributed by atoms with Gasteiger partial charge in [-0.3, -0.25) is 0 Å². The van der Waals surface area contributed by atoms with E-state index in [1.54, 1.807) is 0 Å². The van der Waals surface area contributed by atoms with Crippen molar-refractivity contribution in [2.24, 2.45) is 5.92 Å². The topological polar surface area (TPSA) is 9.23 Å². The van der Waals surface area contributed by atoms with Crippen LogP contribution in [0.5, 0.6) is 0 Å². The molecule has 1 aliphatic rings. The van der Waals surface area contributed by atoms with Crippen molar-refractivity contribution in [3.63, 3.8) is 0 Å². The van der Waals surface area contributed by atoms with E-state index < -0.39 is 0 Å². The second-order valence-electron chi connectivity index (χ2n) is 6.08. The summed E-state index contributed by atoms with van der Waals surface area (Å²) >= 11 is 12.1. The zero-order chi connectivity index (χ0) is 15.1. The van der Waals surface area contributed by atoms with Gasteiger partial charge in [-0.25, -0.2) is 0 Å². The lowest BCUT2D eigenvalue weighted by molar-refractivity contribution is 0.140. The molecule has 1 saturated carbocycles. The van der Waals surface area contributed by atoms with Crippen LogP contribution in [0.2, 0.25) is 10.0 Å². The summed E-state index contributed by atoms with van der Waals surface area (Å²) in [5.41, 5.74) is 1.36. The van der Waals surface area contributed by atoms with Crippen molar-refractivity contribution in [3.05, 3.63) is 33.8 Å². The number of unbranched alkanes of at least 4 members (excludes halogenated alkanes) is 1. The first-order valence-electron chi connectivity index (χ1n) is 8.23. The molecule has 1 aromatic carbocycles. The summed E-state index contributed by atoms with van der Waals surface area (Å²) in [7, 11) is 0. The number of benzene rings is 1. The van der Waals surface area contributed by atoms with Crippen molar-refractivity contribution in [2.75, 3.05) is 13.2 Å². The van der Waals surface area contributed by atoms with Crippen molar-refractivity contribution in [3.8, 4) is 0 Å². The fraction of sp³-hybridized carbons (Fsp3) is 0.667. The number of rotatable bonds is 7. The Hall–Kier alpha value is -0.240. The highest BCUT2D eigenvalue weighted by atomic mass is 35.5. The summed E-state index contributed by atoms with van der Waals surface area (Å²) in [6, 6.07) is 6.12. The summed E-state index contributed by atoms with van der Waals surface area (Å²) in [6.45, 7) is 3.83. The first kappa shape index (κ1) is 17.1. The van der Waals surface area contributed by atoms with Crippen LogP contribution < -0.4 is 0 Å². The minimum absolute atomic E-state index is 0.656. The van der Waals surface area contributed by atoms with Crippen molar-refractivity contribution in [1.82, 2.24) is 0 Å². The molecule has 0 aromatic heterocycles. The van der Waals surface area contributed by atoms with Crippen LogP contribution in [0.4, 0.5) is 0 Å². The van der Waals surface area contributed by atoms with Crippen LogP contribution in [0.15, 0.2) is 18.2 Å². The summed E-state index contributed by atoms with van der Waals surface area (Å²) in [6.07, 6.45) is 9.14. The van der Waals surface area contributed by atoms with E-state index in [0.717, 1.165) is 19.1 Å². The predicted molar refractivity (Wildman–Crippen MR) is 91.5 cm³/mol. The van der Waals surface area contributed by atoms with E-state index in [1.165, 1.54) is 50.5 Å². The van der Waals surface area contributed by atoms with E-state index in [-0.39, 0.29) is 0 Å². The quantitative estimate of drug-likeness (QED) is 0.521. The van der Waals surface area contributed by atoms with Gasteiger partial charge in [0, 0.05) is 13.2 Å². The molecule has 0 heterocycles. The molecule has 1 aliphatic carbocycles. The molecule has 1 fully saturated rings. The predicted octanol–water partition coefficient (Wildman–Crippen LogP) is 6.47. The van der Waals surface area contributed by atoms with Crippen LogP contribution in [-0.4, -0.2) is 13.2 Å². The van der Waals surface area contributed by atoms with Crippen LogP contribution in [-0.2, 0) is 4.74 Å². The van der Waals surface area contributed by atoms with Gasteiger partial charge in [-0.15, -0.1) is 0 Å². The summed E-state index contributed by atoms with van der Waals surface area (Å²) in [5, 5.41) is 1.34. The molecule has 1 nitrogen and oxygen atoms in total. The van der Waals surface area contributed by atoms with Gasteiger partial charge in [-0.05, 0) is 68.6 Å². The third-order valence-corrected chi connectivity index (χ3v) is 5.36. The van der Waals surface area contributed by atoms with Crippen LogP contribution in [0, 0.1) is 5.92 Å². The monoisotopic (exact) mass is 328 g/mol. The highest BCUT2D eigenvalue weighted by Gasteiger charge is 2.22. The van der Waals surface area contributed by atoms with Gasteiger partial charge in [0.15, 0.2) is 0 Å². The van der Waals surface area contributed by atoms with Gasteiger partial charge >= 0.3 is 0 Å². The third kappa shape index (κ3) is 5.47. The molecule has 0 unspecified atom stereocenters. The molecular weight excluding hydrogens is 303 g/mol. The number of halogens is 2. The maximum Gasteiger partial charge on any atom is 0.0595 e. The summed E-state index contributed by atoms with van der Waals surface area (Å²) in [4.78, 5) is 0. The van der Waals surface area contributed by atoms with Crippen LogP contribution in [0.1, 0.15) is 63.4 Å². The lowest BCUT2D eigenvalue weighted by atomic mass is 9.77. The SMILES string of the molecule is CCOCCCCC1CCC(c2ccc(Cl)c(Cl)c2)CC1. The maximum atomic E-state index is 6.13. The van der Waals surface area contributed by atoms with Crippen LogP contribution in [0.25, 0.3) is 0 Å². The van der Waals surface area contributed by atoms with E-state index in [9.17, 15) is 0 Å². The highest BCUT2D eigenvalue weighted by Crippen LogP contribution is 2.39. The van der Waals surface area contributed by atoms with Crippen LogP contribution >= 0.6 is 23.2 Å². The summed E-state index contributed by atoms with van der Waals surface area (Å²) in [5.74, 6) is 1.57. The molecule has 0 amide bonds. The molecule has 0 saturated heterocycles. The van der Waals surface area contributed by atoms with Gasteiger partial charge in [-0.2, -0.15) is 0 Å². The van der Waals surface area contributed by atoms with E-state index in [0.29, 0.717) is 16.0 Å². The molecule has 0 atom stereocenters. The smallest absolute Gasteiger partial charge is 0.0595 e. The van der Waals surface area contributed by atoms with Gasteiger partial charge in [0.05, 0.1) is 10.0 Å². The zero-order valence-corrected chi connectivity index (χ0v) is 14.4. The first-order valence-corrected chi connectivity index (χ1v) is 8.99. The molecular formula is C18H26Cl2O. The average Bonchev–Trinajstić information content (AvgIpc) is 2.50. The first-order chi connectivity index (χ1) is 10.2. The van der Waals surface area contributed by atoms with Crippen molar-refractivity contribution in [2.45, 2.75) is 57.8 Å². The molecule has 2 rings (SSSR count). The third-order valence-electron chi connectivity index (χ3n) is 4.62. The molecule has 0 bridgehead atoms. The van der Waals surface area contributed by atoms with Crippen molar-refractivity contribution < 1.29 is 4.74 Å². The second-order valence-corrected chi connectivity index (χ2v) is 6.90. The Bertz CT molecular complexity index is 425. The number of ether oxygens (including phenoxy) is 1. The second kappa shape index (κ2) is 9.02. The van der Waals surface area contributed by atoms with Crippen molar-refractivity contribution in [1.29, 1.82) is 0 Å². The van der Waals surface area contributed by atoms with E-state index in [2.05, 4.69) is 19.1 Å². The Kier molecular flexibility index (Phi) is 7.36. The fourth-order valence-corrected chi connectivity index (χ4v) is 3.64. The van der Waals surface area contributed by atoms with Gasteiger partial charge in [0.1, 0.15) is 0 Å². The molecule has 0 radical (unpaired) electrons. The maximum absolute atomic E-state index is 6.13. The molecule has 0 aliphatic heterocycles. The van der Waals surface area contributed by atoms with Crippen molar-refractivity contribution >= 4 is 23.2 Å². The Morgan fingerprint density at radius 1 is 1.05 bits per heavy atom. The van der Waals surface area contributed by atoms with Gasteiger partial charge < -0.3 is 4.74 Å². The number of hydrogen-bond acceptors (Lipinski definition) is 1.